The van der Waals surface area contributed by atoms with Crippen LogP contribution in [0, 0.1) is 0 Å². The molecule has 78 valence electrons. The molecule has 0 fully saturated rings. The van der Waals surface area contributed by atoms with Crippen LogP contribution >= 0.6 is 11.9 Å². The van der Waals surface area contributed by atoms with E-state index in [9.17, 15) is 0 Å². The van der Waals surface area contributed by atoms with Gasteiger partial charge in [-0.1, -0.05) is 6.07 Å². The van der Waals surface area contributed by atoms with Crippen molar-refractivity contribution in [2.75, 3.05) is 27.2 Å². The summed E-state index contributed by atoms with van der Waals surface area (Å²) in [7, 11) is 4.05. The first-order valence-electron chi connectivity index (χ1n) is 4.46. The van der Waals surface area contributed by atoms with Crippen LogP contribution in [0.1, 0.15) is 0 Å². The van der Waals surface area contributed by atoms with Crippen LogP contribution in [0.3, 0.4) is 0 Å². The second-order valence-corrected chi connectivity index (χ2v) is 3.95. The molecule has 0 aliphatic carbocycles. The molecule has 0 aliphatic rings. The van der Waals surface area contributed by atoms with Gasteiger partial charge in [0.25, 0.3) is 0 Å². The van der Waals surface area contributed by atoms with Gasteiger partial charge < -0.3 is 9.64 Å². The molecule has 4 heteroatoms. The lowest BCUT2D eigenvalue weighted by molar-refractivity contribution is 0.261. The first-order valence-corrected chi connectivity index (χ1v) is 5.34. The molecule has 2 N–H and O–H groups in total. The predicted molar refractivity (Wildman–Crippen MR) is 60.5 cm³/mol. The van der Waals surface area contributed by atoms with Gasteiger partial charge in [0.15, 0.2) is 0 Å². The molecule has 1 aromatic rings. The first kappa shape index (κ1) is 11.4. The zero-order valence-electron chi connectivity index (χ0n) is 8.56. The van der Waals surface area contributed by atoms with Crippen molar-refractivity contribution in [3.05, 3.63) is 24.3 Å². The zero-order chi connectivity index (χ0) is 10.4. The molecule has 0 atom stereocenters. The number of hydrogen-bond acceptors (Lipinski definition) is 4. The summed E-state index contributed by atoms with van der Waals surface area (Å²) >= 11 is 1.23. The number of nitrogens with two attached hydrogens (primary N) is 1. The van der Waals surface area contributed by atoms with Crippen LogP contribution in [0.2, 0.25) is 0 Å². The monoisotopic (exact) mass is 212 g/mol. The maximum atomic E-state index is 5.55. The summed E-state index contributed by atoms with van der Waals surface area (Å²) < 4.78 is 5.55. The minimum absolute atomic E-state index is 0.700. The third-order valence-corrected chi connectivity index (χ3v) is 2.27. The van der Waals surface area contributed by atoms with Crippen LogP contribution in [-0.2, 0) is 0 Å². The SMILES string of the molecule is CN(C)CCOc1cccc(SN)c1. The lowest BCUT2D eigenvalue weighted by Crippen LogP contribution is -2.19. The quantitative estimate of drug-likeness (QED) is 0.752. The van der Waals surface area contributed by atoms with Crippen LogP contribution in [0.25, 0.3) is 0 Å². The molecule has 0 amide bonds. The van der Waals surface area contributed by atoms with E-state index < -0.39 is 0 Å². The summed E-state index contributed by atoms with van der Waals surface area (Å²) in [4.78, 5) is 3.11. The third kappa shape index (κ3) is 4.00. The van der Waals surface area contributed by atoms with Gasteiger partial charge in [0.1, 0.15) is 12.4 Å². The molecule has 0 heterocycles. The molecular weight excluding hydrogens is 196 g/mol. The first-order chi connectivity index (χ1) is 6.72. The molecule has 0 spiro atoms. The van der Waals surface area contributed by atoms with Crippen molar-refractivity contribution >= 4 is 11.9 Å². The van der Waals surface area contributed by atoms with Gasteiger partial charge in [-0.3, -0.25) is 5.14 Å². The maximum absolute atomic E-state index is 5.55. The minimum Gasteiger partial charge on any atom is -0.492 e. The normalized spacial score (nSPS) is 10.6. The van der Waals surface area contributed by atoms with Crippen LogP contribution in [-0.4, -0.2) is 32.1 Å². The molecule has 1 rings (SSSR count). The van der Waals surface area contributed by atoms with Gasteiger partial charge in [-0.05, 0) is 44.2 Å². The summed E-state index contributed by atoms with van der Waals surface area (Å²) in [6, 6.07) is 7.79. The highest BCUT2D eigenvalue weighted by atomic mass is 32.2. The Balaban J connectivity index is 2.42. The summed E-state index contributed by atoms with van der Waals surface area (Å²) in [5.74, 6) is 0.877. The Morgan fingerprint density at radius 1 is 1.43 bits per heavy atom. The van der Waals surface area contributed by atoms with Crippen LogP contribution in [0.15, 0.2) is 29.2 Å². The highest BCUT2D eigenvalue weighted by molar-refractivity contribution is 7.97. The van der Waals surface area contributed by atoms with Gasteiger partial charge in [0.2, 0.25) is 0 Å². The molecule has 14 heavy (non-hydrogen) atoms. The predicted octanol–water partition coefficient (Wildman–Crippen LogP) is 1.59. The number of nitrogens with zero attached hydrogens (tertiary/aromatic N) is 1. The van der Waals surface area contributed by atoms with Crippen molar-refractivity contribution < 1.29 is 4.74 Å². The van der Waals surface area contributed by atoms with Crippen LogP contribution in [0.5, 0.6) is 5.75 Å². The Kier molecular flexibility index (Phi) is 4.79. The fourth-order valence-electron chi connectivity index (χ4n) is 0.983. The van der Waals surface area contributed by atoms with Crippen molar-refractivity contribution in [3.8, 4) is 5.75 Å². The number of ether oxygens (including phenoxy) is 1. The van der Waals surface area contributed by atoms with E-state index in [0.717, 1.165) is 17.2 Å². The second-order valence-electron chi connectivity index (χ2n) is 3.24. The van der Waals surface area contributed by atoms with Crippen molar-refractivity contribution in [2.45, 2.75) is 4.90 Å². The molecule has 0 saturated heterocycles. The zero-order valence-corrected chi connectivity index (χ0v) is 9.38. The summed E-state index contributed by atoms with van der Waals surface area (Å²) in [5.41, 5.74) is 0. The summed E-state index contributed by atoms with van der Waals surface area (Å²) in [6.45, 7) is 1.62. The van der Waals surface area contributed by atoms with E-state index >= 15 is 0 Å². The summed E-state index contributed by atoms with van der Waals surface area (Å²) in [6.07, 6.45) is 0. The summed E-state index contributed by atoms with van der Waals surface area (Å²) in [5, 5.41) is 5.45. The molecular formula is C10H16N2OS. The van der Waals surface area contributed by atoms with E-state index in [1.807, 2.05) is 38.4 Å². The van der Waals surface area contributed by atoms with Crippen molar-refractivity contribution in [2.24, 2.45) is 5.14 Å². The fraction of sp³-hybridized carbons (Fsp3) is 0.400. The Morgan fingerprint density at radius 2 is 2.21 bits per heavy atom. The third-order valence-electron chi connectivity index (χ3n) is 1.75. The second kappa shape index (κ2) is 5.90. The molecule has 0 bridgehead atoms. The van der Waals surface area contributed by atoms with Crippen molar-refractivity contribution in [1.29, 1.82) is 0 Å². The topological polar surface area (TPSA) is 38.5 Å². The smallest absolute Gasteiger partial charge is 0.120 e. The van der Waals surface area contributed by atoms with Gasteiger partial charge in [-0.2, -0.15) is 0 Å². The average Bonchev–Trinajstić information content (AvgIpc) is 2.18. The molecule has 0 aromatic heterocycles. The Morgan fingerprint density at radius 3 is 2.86 bits per heavy atom. The molecule has 0 aliphatic heterocycles. The molecule has 0 saturated carbocycles. The van der Waals surface area contributed by atoms with E-state index in [2.05, 4.69) is 4.90 Å². The van der Waals surface area contributed by atoms with E-state index in [0.29, 0.717) is 6.61 Å². The van der Waals surface area contributed by atoms with E-state index in [1.54, 1.807) is 0 Å². The Labute approximate surface area is 89.4 Å². The van der Waals surface area contributed by atoms with Crippen molar-refractivity contribution in [3.63, 3.8) is 0 Å². The Bertz CT molecular complexity index is 279. The minimum atomic E-state index is 0.700. The van der Waals surface area contributed by atoms with Crippen LogP contribution < -0.4 is 9.88 Å². The van der Waals surface area contributed by atoms with Gasteiger partial charge in [-0.15, -0.1) is 0 Å². The number of rotatable bonds is 5. The highest BCUT2D eigenvalue weighted by Gasteiger charge is 1.96. The average molecular weight is 212 g/mol. The maximum Gasteiger partial charge on any atom is 0.120 e. The van der Waals surface area contributed by atoms with E-state index in [1.165, 1.54) is 11.9 Å². The highest BCUT2D eigenvalue weighted by Crippen LogP contribution is 2.18. The molecule has 3 nitrogen and oxygen atoms in total. The Hall–Kier alpha value is -0.710. The van der Waals surface area contributed by atoms with E-state index in [4.69, 9.17) is 9.88 Å². The van der Waals surface area contributed by atoms with Gasteiger partial charge in [-0.25, -0.2) is 0 Å². The number of hydrogen-bond donors (Lipinski definition) is 1. The standard InChI is InChI=1S/C10H16N2OS/c1-12(2)6-7-13-9-4-3-5-10(8-9)14-11/h3-5,8H,6-7,11H2,1-2H3. The van der Waals surface area contributed by atoms with Gasteiger partial charge in [0, 0.05) is 11.4 Å². The molecule has 0 unspecified atom stereocenters. The van der Waals surface area contributed by atoms with Gasteiger partial charge >= 0.3 is 0 Å². The van der Waals surface area contributed by atoms with Gasteiger partial charge in [0.05, 0.1) is 0 Å². The van der Waals surface area contributed by atoms with Crippen molar-refractivity contribution in [1.82, 2.24) is 4.90 Å². The molecule has 0 radical (unpaired) electrons. The fourth-order valence-corrected chi connectivity index (χ4v) is 1.32. The largest absolute Gasteiger partial charge is 0.492 e. The lowest BCUT2D eigenvalue weighted by atomic mass is 10.3. The lowest BCUT2D eigenvalue weighted by Gasteiger charge is -2.11. The number of benzene rings is 1. The van der Waals surface area contributed by atoms with Crippen LogP contribution in [0.4, 0.5) is 0 Å². The van der Waals surface area contributed by atoms with E-state index in [-0.39, 0.29) is 0 Å². The molecule has 1 aromatic carbocycles. The number of likely N-dealkylation sites (N-methyl/N-ethyl adjacent to an activating group) is 1.